The second-order valence-electron chi connectivity index (χ2n) is 8.80. The van der Waals surface area contributed by atoms with Gasteiger partial charge >= 0.3 is 5.97 Å². The van der Waals surface area contributed by atoms with E-state index in [1.165, 1.54) is 12.3 Å². The number of carboxylic acid groups (broad SMARTS) is 1. The third-order valence-corrected chi connectivity index (χ3v) is 6.36. The van der Waals surface area contributed by atoms with Gasteiger partial charge in [0.1, 0.15) is 12.2 Å². The normalized spacial score (nSPS) is 15.6. The van der Waals surface area contributed by atoms with Gasteiger partial charge in [-0.1, -0.05) is 19.9 Å². The zero-order chi connectivity index (χ0) is 24.0. The van der Waals surface area contributed by atoms with E-state index in [1.54, 1.807) is 7.11 Å². The molecule has 1 unspecified atom stereocenters. The molecule has 0 fully saturated rings. The largest absolute Gasteiger partial charge is 0.493 e. The number of carboxylic acids is 1. The number of fused-ring (bicyclic) bond motifs is 4. The van der Waals surface area contributed by atoms with E-state index < -0.39 is 11.4 Å². The Morgan fingerprint density at radius 3 is 2.68 bits per heavy atom. The van der Waals surface area contributed by atoms with Gasteiger partial charge in [-0.15, -0.1) is 0 Å². The summed E-state index contributed by atoms with van der Waals surface area (Å²) in [7, 11) is 1.56. The highest BCUT2D eigenvalue weighted by Gasteiger charge is 2.29. The van der Waals surface area contributed by atoms with Crippen molar-refractivity contribution in [3.8, 4) is 34.3 Å². The molecule has 8 heteroatoms. The topological polar surface area (TPSA) is 96.2 Å². The van der Waals surface area contributed by atoms with Crippen molar-refractivity contribution in [2.75, 3.05) is 13.9 Å². The number of ether oxygens (including phenoxy) is 4. The van der Waals surface area contributed by atoms with Crippen molar-refractivity contribution in [2.45, 2.75) is 32.9 Å². The van der Waals surface area contributed by atoms with E-state index in [9.17, 15) is 14.7 Å². The molecule has 2 aromatic carbocycles. The Balaban J connectivity index is 1.53. The molecule has 3 heterocycles. The number of hydrogen-bond donors (Lipinski definition) is 1. The van der Waals surface area contributed by atoms with Gasteiger partial charge in [-0.2, -0.15) is 0 Å². The summed E-state index contributed by atoms with van der Waals surface area (Å²) in [4.78, 5) is 24.1. The fourth-order valence-electron chi connectivity index (χ4n) is 4.55. The lowest BCUT2D eigenvalue weighted by molar-refractivity contribution is 0.0694. The number of nitrogens with zero attached hydrogens (tertiary/aromatic N) is 1. The van der Waals surface area contributed by atoms with Gasteiger partial charge in [0.2, 0.25) is 6.79 Å². The molecular weight excluding hydrogens is 438 g/mol. The highest BCUT2D eigenvalue weighted by Crippen LogP contribution is 2.43. The molecular formula is C26H25NO7. The minimum Gasteiger partial charge on any atom is -0.493 e. The van der Waals surface area contributed by atoms with Crippen LogP contribution in [0.15, 0.2) is 47.4 Å². The average Bonchev–Trinajstić information content (AvgIpc) is 3.29. The quantitative estimate of drug-likeness (QED) is 0.583. The number of carbonyl (C=O) groups is 1. The number of rotatable bonds is 6. The van der Waals surface area contributed by atoms with E-state index in [0.717, 1.165) is 22.4 Å². The van der Waals surface area contributed by atoms with Crippen LogP contribution < -0.4 is 24.4 Å². The maximum atomic E-state index is 12.5. The van der Waals surface area contributed by atoms with Crippen LogP contribution in [0, 0.1) is 5.92 Å². The number of methoxy groups -OCH3 is 1. The average molecular weight is 463 g/mol. The summed E-state index contributed by atoms with van der Waals surface area (Å²) in [5.41, 5.74) is 2.71. The molecule has 8 nitrogen and oxygen atoms in total. The van der Waals surface area contributed by atoms with Gasteiger partial charge in [0.05, 0.1) is 12.8 Å². The van der Waals surface area contributed by atoms with Crippen molar-refractivity contribution >= 4 is 5.97 Å². The predicted molar refractivity (Wildman–Crippen MR) is 124 cm³/mol. The Hall–Kier alpha value is -3.94. The summed E-state index contributed by atoms with van der Waals surface area (Å²) >= 11 is 0. The van der Waals surface area contributed by atoms with E-state index in [1.807, 2.05) is 34.9 Å². The first-order chi connectivity index (χ1) is 16.4. The molecule has 2 aliphatic rings. The Morgan fingerprint density at radius 2 is 1.94 bits per heavy atom. The Labute approximate surface area is 196 Å². The van der Waals surface area contributed by atoms with Crippen molar-refractivity contribution < 1.29 is 28.8 Å². The van der Waals surface area contributed by atoms with Crippen molar-refractivity contribution in [1.82, 2.24) is 4.57 Å². The third-order valence-electron chi connectivity index (χ3n) is 6.36. The first kappa shape index (κ1) is 21.9. The molecule has 2 aliphatic heterocycles. The zero-order valence-electron chi connectivity index (χ0n) is 19.2. The number of aromatic carboxylic acids is 1. The fourth-order valence-corrected chi connectivity index (χ4v) is 4.55. The molecule has 0 saturated heterocycles. The lowest BCUT2D eigenvalue weighted by Gasteiger charge is -2.33. The summed E-state index contributed by atoms with van der Waals surface area (Å²) in [5.74, 6) is 1.54. The summed E-state index contributed by atoms with van der Waals surface area (Å²) in [6.07, 6.45) is 2.14. The molecule has 176 valence electrons. The summed E-state index contributed by atoms with van der Waals surface area (Å²) in [5, 5.41) is 9.45. The van der Waals surface area contributed by atoms with Gasteiger partial charge in [0, 0.05) is 23.9 Å². The second-order valence-corrected chi connectivity index (χ2v) is 8.80. The van der Waals surface area contributed by atoms with Crippen molar-refractivity contribution in [3.05, 3.63) is 69.5 Å². The van der Waals surface area contributed by atoms with Gasteiger partial charge in [-0.25, -0.2) is 4.79 Å². The molecule has 0 spiro atoms. The minimum atomic E-state index is -1.22. The number of hydrogen-bond acceptors (Lipinski definition) is 6. The second kappa shape index (κ2) is 8.44. The highest BCUT2D eigenvalue weighted by atomic mass is 16.7. The van der Waals surface area contributed by atoms with E-state index in [2.05, 4.69) is 13.8 Å². The lowest BCUT2D eigenvalue weighted by atomic mass is 9.87. The molecule has 0 aliphatic carbocycles. The Kier molecular flexibility index (Phi) is 5.43. The number of benzene rings is 2. The molecule has 0 bridgehead atoms. The third kappa shape index (κ3) is 3.75. The van der Waals surface area contributed by atoms with Crippen LogP contribution in [0.1, 0.15) is 41.4 Å². The van der Waals surface area contributed by atoms with E-state index in [4.69, 9.17) is 18.9 Å². The molecule has 1 N–H and O–H groups in total. The molecule has 5 rings (SSSR count). The maximum Gasteiger partial charge on any atom is 0.341 e. The first-order valence-corrected chi connectivity index (χ1v) is 11.1. The molecule has 1 aromatic heterocycles. The van der Waals surface area contributed by atoms with E-state index >= 15 is 0 Å². The molecule has 0 saturated carbocycles. The van der Waals surface area contributed by atoms with Crippen LogP contribution in [0.25, 0.3) is 11.3 Å². The van der Waals surface area contributed by atoms with Crippen LogP contribution in [0.3, 0.4) is 0 Å². The van der Waals surface area contributed by atoms with Crippen LogP contribution in [0.4, 0.5) is 0 Å². The van der Waals surface area contributed by atoms with Crippen LogP contribution in [0.5, 0.6) is 23.0 Å². The van der Waals surface area contributed by atoms with Crippen molar-refractivity contribution in [2.24, 2.45) is 5.92 Å². The van der Waals surface area contributed by atoms with Gasteiger partial charge in [-0.3, -0.25) is 4.79 Å². The molecule has 0 radical (unpaired) electrons. The van der Waals surface area contributed by atoms with Crippen molar-refractivity contribution in [1.29, 1.82) is 0 Å². The predicted octanol–water partition coefficient (Wildman–Crippen LogP) is 4.28. The number of aromatic nitrogens is 1. The fraction of sp³-hybridized carbons (Fsp3) is 0.308. The Morgan fingerprint density at radius 1 is 1.15 bits per heavy atom. The zero-order valence-corrected chi connectivity index (χ0v) is 19.2. The number of pyridine rings is 1. The SMILES string of the molecule is COc1cc2c(cc1OCc1ccc3c(c1)OCO3)CC(C(C)C)n1cc(C(=O)O)c(=O)cc1-2. The van der Waals surface area contributed by atoms with Crippen LogP contribution in [-0.4, -0.2) is 29.5 Å². The Bertz CT molecular complexity index is 1340. The summed E-state index contributed by atoms with van der Waals surface area (Å²) in [6.45, 7) is 4.70. The van der Waals surface area contributed by atoms with Crippen LogP contribution >= 0.6 is 0 Å². The van der Waals surface area contributed by atoms with Crippen molar-refractivity contribution in [3.63, 3.8) is 0 Å². The molecule has 0 amide bonds. The van der Waals surface area contributed by atoms with Gasteiger partial charge < -0.3 is 28.6 Å². The van der Waals surface area contributed by atoms with Gasteiger partial charge in [0.25, 0.3) is 0 Å². The molecule has 3 aromatic rings. The van der Waals surface area contributed by atoms with Crippen LogP contribution in [-0.2, 0) is 13.0 Å². The smallest absolute Gasteiger partial charge is 0.341 e. The van der Waals surface area contributed by atoms with E-state index in [0.29, 0.717) is 36.0 Å². The monoisotopic (exact) mass is 463 g/mol. The standard InChI is InChI=1S/C26H25NO7/c1-14(2)19-7-16-8-25(32-12-15-4-5-22-24(6-15)34-13-33-22)23(31-3)9-17(16)20-10-21(28)18(26(29)30)11-27(19)20/h4-6,8-11,14,19H,7,12-13H2,1-3H3,(H,29,30). The summed E-state index contributed by atoms with van der Waals surface area (Å²) in [6, 6.07) is 10.9. The minimum absolute atomic E-state index is 0.00342. The lowest BCUT2D eigenvalue weighted by Crippen LogP contribution is -2.28. The van der Waals surface area contributed by atoms with Crippen LogP contribution in [0.2, 0.25) is 0 Å². The summed E-state index contributed by atoms with van der Waals surface area (Å²) < 4.78 is 24.4. The van der Waals surface area contributed by atoms with E-state index in [-0.39, 0.29) is 24.3 Å². The molecule has 1 atom stereocenters. The van der Waals surface area contributed by atoms with Gasteiger partial charge in [-0.05, 0) is 47.7 Å². The van der Waals surface area contributed by atoms with Gasteiger partial charge in [0.15, 0.2) is 28.4 Å². The molecule has 34 heavy (non-hydrogen) atoms. The highest BCUT2D eigenvalue weighted by molar-refractivity contribution is 5.88. The maximum absolute atomic E-state index is 12.5. The first-order valence-electron chi connectivity index (χ1n) is 11.1.